The number of anilines is 2. The standard InChI is InChI=1S/C21H17BrN4O3S/c1-24-19(28)16(12-23)21-26(15-5-3-2-4-6-15)20(29)17(30-21)11-18(27)25-14-9-7-13(22)8-10-14/h2-10,17H,11H2,1H3,(H,24,28)(H,25,27)/b21-16+/t17-/m1/s1. The lowest BCUT2D eigenvalue weighted by molar-refractivity contribution is -0.121. The molecule has 0 radical (unpaired) electrons. The van der Waals surface area contributed by atoms with Gasteiger partial charge in [0.2, 0.25) is 11.8 Å². The highest BCUT2D eigenvalue weighted by Crippen LogP contribution is 2.41. The number of hydrogen-bond acceptors (Lipinski definition) is 5. The molecule has 0 aliphatic carbocycles. The van der Waals surface area contributed by atoms with Crippen molar-refractivity contribution in [3.63, 3.8) is 0 Å². The molecule has 2 aromatic carbocycles. The van der Waals surface area contributed by atoms with E-state index < -0.39 is 11.2 Å². The maximum absolute atomic E-state index is 13.1. The van der Waals surface area contributed by atoms with Crippen molar-refractivity contribution >= 4 is 56.8 Å². The van der Waals surface area contributed by atoms with E-state index in [4.69, 9.17) is 0 Å². The van der Waals surface area contributed by atoms with E-state index in [-0.39, 0.29) is 28.8 Å². The van der Waals surface area contributed by atoms with Gasteiger partial charge in [0.1, 0.15) is 16.7 Å². The zero-order chi connectivity index (χ0) is 21.7. The van der Waals surface area contributed by atoms with E-state index in [1.807, 2.05) is 6.07 Å². The van der Waals surface area contributed by atoms with Crippen LogP contribution in [0.2, 0.25) is 0 Å². The first-order valence-electron chi connectivity index (χ1n) is 8.92. The molecule has 0 aromatic heterocycles. The van der Waals surface area contributed by atoms with Crippen molar-refractivity contribution in [2.24, 2.45) is 0 Å². The molecule has 3 amide bonds. The zero-order valence-corrected chi connectivity index (χ0v) is 18.3. The first-order valence-corrected chi connectivity index (χ1v) is 10.6. The number of nitriles is 1. The van der Waals surface area contributed by atoms with E-state index in [1.54, 1.807) is 54.6 Å². The molecule has 2 aromatic rings. The van der Waals surface area contributed by atoms with Crippen LogP contribution >= 0.6 is 27.7 Å². The number of rotatable bonds is 5. The highest BCUT2D eigenvalue weighted by Gasteiger charge is 2.41. The number of carbonyl (C=O) groups is 3. The number of nitrogens with one attached hydrogen (secondary N) is 2. The Morgan fingerprint density at radius 2 is 1.83 bits per heavy atom. The Kier molecular flexibility index (Phi) is 6.92. The van der Waals surface area contributed by atoms with Crippen LogP contribution in [-0.4, -0.2) is 30.0 Å². The second-order valence-corrected chi connectivity index (χ2v) is 8.35. The molecule has 30 heavy (non-hydrogen) atoms. The summed E-state index contributed by atoms with van der Waals surface area (Å²) in [5.41, 5.74) is 0.963. The fraction of sp³-hybridized carbons (Fsp3) is 0.143. The number of halogens is 1. The predicted octanol–water partition coefficient (Wildman–Crippen LogP) is 3.41. The SMILES string of the molecule is CNC(=O)/C(C#N)=C1/S[C@H](CC(=O)Nc2ccc(Br)cc2)C(=O)N1c1ccccc1. The van der Waals surface area contributed by atoms with Crippen molar-refractivity contribution in [3.05, 3.63) is 69.7 Å². The first kappa shape index (κ1) is 21.6. The largest absolute Gasteiger partial charge is 0.354 e. The highest BCUT2D eigenvalue weighted by atomic mass is 79.9. The van der Waals surface area contributed by atoms with Gasteiger partial charge in [-0.2, -0.15) is 5.26 Å². The van der Waals surface area contributed by atoms with Crippen LogP contribution in [0.1, 0.15) is 6.42 Å². The van der Waals surface area contributed by atoms with Crippen LogP contribution < -0.4 is 15.5 Å². The van der Waals surface area contributed by atoms with Gasteiger partial charge in [-0.05, 0) is 36.4 Å². The van der Waals surface area contributed by atoms with Crippen LogP contribution in [0.3, 0.4) is 0 Å². The van der Waals surface area contributed by atoms with Crippen LogP contribution in [0.25, 0.3) is 0 Å². The Balaban J connectivity index is 1.88. The monoisotopic (exact) mass is 484 g/mol. The van der Waals surface area contributed by atoms with Gasteiger partial charge in [-0.25, -0.2) is 0 Å². The maximum Gasteiger partial charge on any atom is 0.264 e. The average molecular weight is 485 g/mol. The summed E-state index contributed by atoms with van der Waals surface area (Å²) in [4.78, 5) is 39.1. The van der Waals surface area contributed by atoms with Crippen molar-refractivity contribution in [2.75, 3.05) is 17.3 Å². The summed E-state index contributed by atoms with van der Waals surface area (Å²) < 4.78 is 0.883. The highest BCUT2D eigenvalue weighted by molar-refractivity contribution is 9.10. The normalized spacial score (nSPS) is 17.3. The summed E-state index contributed by atoms with van der Waals surface area (Å²) in [6.07, 6.45) is -0.0984. The quantitative estimate of drug-likeness (QED) is 0.499. The Bertz CT molecular complexity index is 1050. The summed E-state index contributed by atoms with van der Waals surface area (Å²) in [6, 6.07) is 17.7. The first-order chi connectivity index (χ1) is 14.4. The maximum atomic E-state index is 13.1. The number of carbonyl (C=O) groups excluding carboxylic acids is 3. The smallest absolute Gasteiger partial charge is 0.264 e. The molecule has 152 valence electrons. The van der Waals surface area contributed by atoms with E-state index >= 15 is 0 Å². The molecule has 0 bridgehead atoms. The lowest BCUT2D eigenvalue weighted by Crippen LogP contribution is -2.32. The molecule has 3 rings (SSSR count). The molecule has 0 saturated carbocycles. The van der Waals surface area contributed by atoms with Gasteiger partial charge in [-0.3, -0.25) is 19.3 Å². The van der Waals surface area contributed by atoms with Gasteiger partial charge in [0, 0.05) is 29.3 Å². The van der Waals surface area contributed by atoms with E-state index in [0.29, 0.717) is 11.4 Å². The molecule has 0 spiro atoms. The molecule has 1 heterocycles. The van der Waals surface area contributed by atoms with E-state index in [2.05, 4.69) is 26.6 Å². The summed E-state index contributed by atoms with van der Waals surface area (Å²) in [5.74, 6) is -1.28. The molecule has 9 heteroatoms. The summed E-state index contributed by atoms with van der Waals surface area (Å²) >= 11 is 4.38. The van der Waals surface area contributed by atoms with Gasteiger partial charge in [0.15, 0.2) is 0 Å². The third-order valence-corrected chi connectivity index (χ3v) is 6.04. The van der Waals surface area contributed by atoms with E-state index in [0.717, 1.165) is 16.2 Å². The Labute approximate surface area is 186 Å². The number of likely N-dealkylation sites (N-methyl/N-ethyl adjacent to an activating group) is 1. The second-order valence-electron chi connectivity index (χ2n) is 6.25. The fourth-order valence-electron chi connectivity index (χ4n) is 2.84. The molecule has 7 nitrogen and oxygen atoms in total. The molecule has 0 unspecified atom stereocenters. The van der Waals surface area contributed by atoms with E-state index in [9.17, 15) is 19.6 Å². The van der Waals surface area contributed by atoms with Crippen molar-refractivity contribution < 1.29 is 14.4 Å². The number of benzene rings is 2. The van der Waals surface area contributed by atoms with Gasteiger partial charge < -0.3 is 10.6 Å². The van der Waals surface area contributed by atoms with Crippen molar-refractivity contribution in [1.29, 1.82) is 5.26 Å². The molecule has 1 aliphatic heterocycles. The summed E-state index contributed by atoms with van der Waals surface area (Å²) in [7, 11) is 1.41. The van der Waals surface area contributed by atoms with Crippen LogP contribution in [0.15, 0.2) is 69.7 Å². The summed E-state index contributed by atoms with van der Waals surface area (Å²) in [6.45, 7) is 0. The van der Waals surface area contributed by atoms with Gasteiger partial charge in [-0.15, -0.1) is 0 Å². The lowest BCUT2D eigenvalue weighted by atomic mass is 10.2. The minimum atomic E-state index is -0.760. The fourth-order valence-corrected chi connectivity index (χ4v) is 4.37. The van der Waals surface area contributed by atoms with Gasteiger partial charge in [-0.1, -0.05) is 45.9 Å². The van der Waals surface area contributed by atoms with Crippen LogP contribution in [0.5, 0.6) is 0 Å². The number of nitrogens with zero attached hydrogens (tertiary/aromatic N) is 2. The lowest BCUT2D eigenvalue weighted by Gasteiger charge is -2.18. The zero-order valence-electron chi connectivity index (χ0n) is 15.9. The number of thioether (sulfide) groups is 1. The Hall–Kier alpha value is -3.09. The molecule has 2 N–H and O–H groups in total. The average Bonchev–Trinajstić information content (AvgIpc) is 3.06. The van der Waals surface area contributed by atoms with Gasteiger partial charge >= 0.3 is 0 Å². The minimum Gasteiger partial charge on any atom is -0.354 e. The number of para-hydroxylation sites is 1. The van der Waals surface area contributed by atoms with E-state index in [1.165, 1.54) is 11.9 Å². The minimum absolute atomic E-state index is 0.0984. The van der Waals surface area contributed by atoms with Crippen molar-refractivity contribution in [3.8, 4) is 6.07 Å². The van der Waals surface area contributed by atoms with Crippen LogP contribution in [0.4, 0.5) is 11.4 Å². The van der Waals surface area contributed by atoms with Crippen molar-refractivity contribution in [1.82, 2.24) is 5.32 Å². The second kappa shape index (κ2) is 9.61. The molecular weight excluding hydrogens is 468 g/mol. The predicted molar refractivity (Wildman–Crippen MR) is 119 cm³/mol. The van der Waals surface area contributed by atoms with Crippen molar-refractivity contribution in [2.45, 2.75) is 11.7 Å². The molecule has 1 aliphatic rings. The Morgan fingerprint density at radius 1 is 1.17 bits per heavy atom. The molecule has 1 saturated heterocycles. The van der Waals surface area contributed by atoms with Crippen LogP contribution in [0, 0.1) is 11.3 Å². The molecule has 1 atom stereocenters. The van der Waals surface area contributed by atoms with Gasteiger partial charge in [0.25, 0.3) is 5.91 Å². The topological polar surface area (TPSA) is 102 Å². The third-order valence-electron chi connectivity index (χ3n) is 4.25. The molecular formula is C21H17BrN4O3S. The third kappa shape index (κ3) is 4.72. The molecule has 1 fully saturated rings. The number of amides is 3. The number of hydrogen-bond donors (Lipinski definition) is 2. The van der Waals surface area contributed by atoms with Gasteiger partial charge in [0.05, 0.1) is 5.25 Å². The van der Waals surface area contributed by atoms with Crippen LogP contribution in [-0.2, 0) is 14.4 Å². The summed E-state index contributed by atoms with van der Waals surface area (Å²) in [5, 5.41) is 14.2. The Morgan fingerprint density at radius 3 is 2.43 bits per heavy atom.